The fraction of sp³-hybridized carbons (Fsp3) is 0.646. The minimum Gasteiger partial charge on any atom is -0.480 e. The molecule has 346 valence electrons. The summed E-state index contributed by atoms with van der Waals surface area (Å²) in [5.74, 6) is -2.51. The van der Waals surface area contributed by atoms with Gasteiger partial charge in [0.25, 0.3) is 0 Å². The summed E-state index contributed by atoms with van der Waals surface area (Å²) < 4.78 is 38.4. The second kappa shape index (κ2) is 38.3. The number of hydrogen-bond acceptors (Lipinski definition) is 10. The summed E-state index contributed by atoms with van der Waals surface area (Å²) in [7, 11) is -4.75. The van der Waals surface area contributed by atoms with Crippen LogP contribution in [0.4, 0.5) is 0 Å². The van der Waals surface area contributed by atoms with Crippen molar-refractivity contribution in [2.45, 2.75) is 179 Å². The molecule has 0 aliphatic carbocycles. The van der Waals surface area contributed by atoms with Crippen molar-refractivity contribution in [3.8, 4) is 0 Å². The van der Waals surface area contributed by atoms with E-state index < -0.39 is 57.7 Å². The lowest BCUT2D eigenvalue weighted by molar-refractivity contribution is -0.161. The SMILES string of the molecule is CCCCC/C=C\C/C=C\C/C=C\C/C=C\CCCCCC(=O)OC[C@H](COP(=O)(O)OC[C@H](N)C(=O)O)OC(=O)CCC/C=C\C/C=C\C/C=C\CC1OC1CCCCC. The summed E-state index contributed by atoms with van der Waals surface area (Å²) in [6.45, 7) is 2.64. The van der Waals surface area contributed by atoms with E-state index in [-0.39, 0.29) is 12.8 Å². The summed E-state index contributed by atoms with van der Waals surface area (Å²) in [6.07, 6.45) is 49.7. The summed E-state index contributed by atoms with van der Waals surface area (Å²) in [6, 6.07) is -1.54. The number of esters is 2. The fourth-order valence-corrected chi connectivity index (χ4v) is 6.62. The highest BCUT2D eigenvalue weighted by molar-refractivity contribution is 7.47. The molecule has 1 saturated heterocycles. The topological polar surface area (TPSA) is 184 Å². The largest absolute Gasteiger partial charge is 0.480 e. The van der Waals surface area contributed by atoms with E-state index in [9.17, 15) is 23.8 Å². The molecule has 1 fully saturated rings. The van der Waals surface area contributed by atoms with Crippen molar-refractivity contribution >= 4 is 25.7 Å². The highest BCUT2D eigenvalue weighted by Gasteiger charge is 2.36. The average molecular weight is 876 g/mol. The van der Waals surface area contributed by atoms with Crippen molar-refractivity contribution in [2.24, 2.45) is 5.73 Å². The number of aliphatic carboxylic acids is 1. The van der Waals surface area contributed by atoms with Crippen LogP contribution in [0.15, 0.2) is 85.1 Å². The van der Waals surface area contributed by atoms with Gasteiger partial charge in [-0.2, -0.15) is 0 Å². The van der Waals surface area contributed by atoms with Crippen molar-refractivity contribution in [1.82, 2.24) is 0 Å². The van der Waals surface area contributed by atoms with Crippen LogP contribution in [0.5, 0.6) is 0 Å². The van der Waals surface area contributed by atoms with Gasteiger partial charge >= 0.3 is 25.7 Å². The number of ether oxygens (including phenoxy) is 3. The van der Waals surface area contributed by atoms with Crippen LogP contribution in [0.25, 0.3) is 0 Å². The summed E-state index contributed by atoms with van der Waals surface area (Å²) in [5.41, 5.74) is 5.33. The van der Waals surface area contributed by atoms with Gasteiger partial charge in [0, 0.05) is 12.8 Å². The first-order chi connectivity index (χ1) is 29.6. The van der Waals surface area contributed by atoms with Gasteiger partial charge in [0.2, 0.25) is 0 Å². The molecule has 3 unspecified atom stereocenters. The molecule has 5 atom stereocenters. The Balaban J connectivity index is 2.34. The lowest BCUT2D eigenvalue weighted by Crippen LogP contribution is -2.34. The number of carbonyl (C=O) groups is 3. The van der Waals surface area contributed by atoms with E-state index in [2.05, 4.69) is 91.3 Å². The van der Waals surface area contributed by atoms with E-state index in [1.807, 2.05) is 12.2 Å². The Bertz CT molecular complexity index is 1420. The maximum atomic E-state index is 12.6. The maximum absolute atomic E-state index is 12.6. The Kier molecular flexibility index (Phi) is 34.9. The van der Waals surface area contributed by atoms with E-state index >= 15 is 0 Å². The minimum absolute atomic E-state index is 0.0692. The normalized spacial score (nSPS) is 17.8. The number of phosphoric acid groups is 1. The Labute approximate surface area is 367 Å². The van der Waals surface area contributed by atoms with Crippen molar-refractivity contribution < 1.29 is 52.2 Å². The first-order valence-electron chi connectivity index (χ1n) is 22.7. The van der Waals surface area contributed by atoms with Crippen molar-refractivity contribution in [1.29, 1.82) is 0 Å². The number of hydrogen-bond donors (Lipinski definition) is 3. The second-order valence-electron chi connectivity index (χ2n) is 15.2. The zero-order valence-corrected chi connectivity index (χ0v) is 38.1. The van der Waals surface area contributed by atoms with Gasteiger partial charge < -0.3 is 29.9 Å². The molecule has 1 rings (SSSR count). The highest BCUT2D eigenvalue weighted by atomic mass is 31.2. The lowest BCUT2D eigenvalue weighted by Gasteiger charge is -2.20. The molecule has 0 aromatic heterocycles. The molecule has 0 aromatic rings. The van der Waals surface area contributed by atoms with Crippen LogP contribution in [0.2, 0.25) is 0 Å². The van der Waals surface area contributed by atoms with Gasteiger partial charge in [-0.25, -0.2) is 4.57 Å². The molecule has 1 heterocycles. The number of nitrogens with two attached hydrogens (primary N) is 1. The molecule has 0 radical (unpaired) electrons. The molecule has 0 amide bonds. The van der Waals surface area contributed by atoms with Crippen molar-refractivity contribution in [2.75, 3.05) is 19.8 Å². The number of epoxide rings is 1. The van der Waals surface area contributed by atoms with E-state index in [0.717, 1.165) is 57.8 Å². The zero-order chi connectivity index (χ0) is 44.7. The third-order valence-corrected chi connectivity index (χ3v) is 10.5. The van der Waals surface area contributed by atoms with Gasteiger partial charge in [0.05, 0.1) is 25.4 Å². The molecular weight excluding hydrogens is 797 g/mol. The third kappa shape index (κ3) is 35.9. The van der Waals surface area contributed by atoms with Crippen LogP contribution in [0.1, 0.15) is 155 Å². The number of carboxylic acids is 1. The maximum Gasteiger partial charge on any atom is 0.472 e. The zero-order valence-electron chi connectivity index (χ0n) is 37.2. The first-order valence-corrected chi connectivity index (χ1v) is 24.2. The summed E-state index contributed by atoms with van der Waals surface area (Å²) >= 11 is 0. The second-order valence-corrected chi connectivity index (χ2v) is 16.7. The molecule has 1 aliphatic rings. The Morgan fingerprint density at radius 1 is 0.607 bits per heavy atom. The van der Waals surface area contributed by atoms with E-state index in [0.29, 0.717) is 31.5 Å². The lowest BCUT2D eigenvalue weighted by atomic mass is 10.1. The number of phosphoric ester groups is 1. The van der Waals surface area contributed by atoms with Crippen molar-refractivity contribution in [3.63, 3.8) is 0 Å². The first kappa shape index (κ1) is 55.6. The summed E-state index contributed by atoms with van der Waals surface area (Å²) in [4.78, 5) is 46.0. The van der Waals surface area contributed by atoms with Crippen LogP contribution in [-0.2, 0) is 42.2 Å². The smallest absolute Gasteiger partial charge is 0.472 e. The van der Waals surface area contributed by atoms with E-state index in [4.69, 9.17) is 29.6 Å². The molecule has 13 heteroatoms. The Morgan fingerprint density at radius 2 is 1.10 bits per heavy atom. The van der Waals surface area contributed by atoms with Gasteiger partial charge in [-0.3, -0.25) is 23.4 Å². The molecular formula is C48H78NO11P. The predicted molar refractivity (Wildman–Crippen MR) is 244 cm³/mol. The monoisotopic (exact) mass is 876 g/mol. The van der Waals surface area contributed by atoms with Crippen LogP contribution in [-0.4, -0.2) is 72.1 Å². The molecule has 4 N–H and O–H groups in total. The van der Waals surface area contributed by atoms with E-state index in [1.165, 1.54) is 51.4 Å². The fourth-order valence-electron chi connectivity index (χ4n) is 5.84. The number of carbonyl (C=O) groups excluding carboxylic acids is 2. The van der Waals surface area contributed by atoms with Gasteiger partial charge in [-0.1, -0.05) is 137 Å². The average Bonchev–Trinajstić information content (AvgIpc) is 3.99. The Morgan fingerprint density at radius 3 is 1.67 bits per heavy atom. The van der Waals surface area contributed by atoms with Crippen LogP contribution < -0.4 is 5.73 Å². The summed E-state index contributed by atoms with van der Waals surface area (Å²) in [5, 5.41) is 8.90. The highest BCUT2D eigenvalue weighted by Crippen LogP contribution is 2.43. The van der Waals surface area contributed by atoms with Crippen LogP contribution in [0, 0.1) is 0 Å². The number of rotatable bonds is 40. The third-order valence-electron chi connectivity index (χ3n) is 9.54. The van der Waals surface area contributed by atoms with Crippen LogP contribution in [0.3, 0.4) is 0 Å². The van der Waals surface area contributed by atoms with E-state index in [1.54, 1.807) is 0 Å². The Hall–Kier alpha value is -3.38. The van der Waals surface area contributed by atoms with Gasteiger partial charge in [0.15, 0.2) is 6.10 Å². The standard InChI is InChI=1S/C48H78NO11P/c1-3-5-7-8-9-10-11-12-13-14-15-16-17-18-19-23-26-29-33-37-46(50)56-39-42(40-57-61(54,55)58-41-43(49)48(52)53)59-47(51)38-34-30-27-24-21-20-22-25-28-32-36-45-44(60-45)35-31-6-4-2/h9-10,12-13,15-16,18-20,22,24,27-28,32,42-45H,3-8,11,14,17,21,23,25-26,29-31,33-41,49H2,1-2H3,(H,52,53)(H,54,55)/b10-9-,13-12-,16-15-,19-18-,22-20-,27-24-,32-28-/t42-,43+,44?,45?/m1/s1. The number of allylic oxidation sites excluding steroid dienone is 13. The van der Waals surface area contributed by atoms with Crippen molar-refractivity contribution in [3.05, 3.63) is 85.1 Å². The number of carboxylic acid groups (broad SMARTS) is 1. The van der Waals surface area contributed by atoms with Gasteiger partial charge in [-0.05, 0) is 89.9 Å². The molecule has 0 bridgehead atoms. The van der Waals surface area contributed by atoms with Gasteiger partial charge in [-0.15, -0.1) is 0 Å². The predicted octanol–water partition coefficient (Wildman–Crippen LogP) is 11.3. The number of unbranched alkanes of at least 4 members (excludes halogenated alkanes) is 9. The molecule has 12 nitrogen and oxygen atoms in total. The molecule has 1 aliphatic heterocycles. The van der Waals surface area contributed by atoms with Gasteiger partial charge in [0.1, 0.15) is 12.6 Å². The van der Waals surface area contributed by atoms with Crippen LogP contribution >= 0.6 is 7.82 Å². The minimum atomic E-state index is -4.75. The molecule has 61 heavy (non-hydrogen) atoms. The quantitative estimate of drug-likeness (QED) is 0.0174. The molecule has 0 spiro atoms. The molecule has 0 saturated carbocycles. The molecule has 0 aromatic carbocycles.